The summed E-state index contributed by atoms with van der Waals surface area (Å²) in [6.07, 6.45) is 3.43. The molecule has 0 radical (unpaired) electrons. The predicted octanol–water partition coefficient (Wildman–Crippen LogP) is 0.554. The molecule has 0 bridgehead atoms. The van der Waals surface area contributed by atoms with Gasteiger partial charge in [-0.2, -0.15) is 0 Å². The highest BCUT2D eigenvalue weighted by molar-refractivity contribution is 5.79. The lowest BCUT2D eigenvalue weighted by atomic mass is 9.97. The number of likely N-dealkylation sites (tertiary alicyclic amines) is 1. The third-order valence-electron chi connectivity index (χ3n) is 3.76. The Hall–Kier alpha value is -0.850. The molecule has 0 aromatic rings. The van der Waals surface area contributed by atoms with Crippen molar-refractivity contribution in [2.24, 2.45) is 16.8 Å². The maximum atomic E-state index is 5.49. The van der Waals surface area contributed by atoms with E-state index in [4.69, 9.17) is 10.6 Å². The number of hydrogen-bond acceptors (Lipinski definition) is 4. The Kier molecular flexibility index (Phi) is 9.36. The highest BCUT2D eigenvalue weighted by Gasteiger charge is 2.17. The zero-order chi connectivity index (χ0) is 14.6. The fourth-order valence-electron chi connectivity index (χ4n) is 2.38. The molecular weight excluding hydrogens is 254 g/mol. The van der Waals surface area contributed by atoms with Crippen LogP contribution < -0.4 is 16.6 Å². The third kappa shape index (κ3) is 7.07. The van der Waals surface area contributed by atoms with Gasteiger partial charge < -0.3 is 15.0 Å². The molecule has 0 saturated carbocycles. The maximum Gasteiger partial charge on any atom is 0.205 e. The fraction of sp³-hybridized carbons (Fsp3) is 0.929. The molecule has 0 unspecified atom stereocenters. The summed E-state index contributed by atoms with van der Waals surface area (Å²) in [7, 11) is 0. The van der Waals surface area contributed by atoms with Crippen molar-refractivity contribution in [3.63, 3.8) is 0 Å². The first kappa shape index (κ1) is 17.2. The summed E-state index contributed by atoms with van der Waals surface area (Å²) in [5.74, 6) is 6.87. The molecule has 1 saturated heterocycles. The quantitative estimate of drug-likeness (QED) is 0.200. The van der Waals surface area contributed by atoms with Crippen LogP contribution in [-0.4, -0.2) is 56.8 Å². The molecule has 6 heteroatoms. The molecule has 1 aliphatic heterocycles. The second kappa shape index (κ2) is 10.9. The third-order valence-corrected chi connectivity index (χ3v) is 3.76. The van der Waals surface area contributed by atoms with Crippen LogP contribution in [0.5, 0.6) is 0 Å². The molecule has 118 valence electrons. The van der Waals surface area contributed by atoms with E-state index in [0.717, 1.165) is 39.3 Å². The fourth-order valence-corrected chi connectivity index (χ4v) is 2.38. The molecule has 0 atom stereocenters. The standard InChI is InChI=1S/C14H31N5O/c1-3-19-9-6-13(7-10-19)12-17-14(18-15)16-8-5-11-20-4-2/h13H,3-12,15H2,1-2H3,(H2,16,17,18). The number of hydrogen-bond donors (Lipinski definition) is 3. The number of aliphatic imine (C=N–C) groups is 1. The Morgan fingerprint density at radius 3 is 2.70 bits per heavy atom. The van der Waals surface area contributed by atoms with E-state index >= 15 is 0 Å². The maximum absolute atomic E-state index is 5.49. The second-order valence-electron chi connectivity index (χ2n) is 5.19. The average molecular weight is 285 g/mol. The summed E-state index contributed by atoms with van der Waals surface area (Å²) in [5.41, 5.74) is 2.64. The molecule has 6 nitrogen and oxygen atoms in total. The lowest BCUT2D eigenvalue weighted by Crippen LogP contribution is -2.42. The van der Waals surface area contributed by atoms with Crippen LogP contribution in [-0.2, 0) is 4.74 Å². The molecule has 20 heavy (non-hydrogen) atoms. The SMILES string of the molecule is CCOCCCNC(=NCC1CCN(CC)CC1)NN. The van der Waals surface area contributed by atoms with Gasteiger partial charge in [-0.3, -0.25) is 10.4 Å². The Morgan fingerprint density at radius 2 is 2.10 bits per heavy atom. The molecule has 1 rings (SSSR count). The van der Waals surface area contributed by atoms with Gasteiger partial charge in [0.2, 0.25) is 5.96 Å². The number of hydrazine groups is 1. The number of guanidine groups is 1. The van der Waals surface area contributed by atoms with Crippen LogP contribution in [0.15, 0.2) is 4.99 Å². The topological polar surface area (TPSA) is 74.9 Å². The average Bonchev–Trinajstić information content (AvgIpc) is 2.50. The van der Waals surface area contributed by atoms with Crippen LogP contribution in [0.1, 0.15) is 33.1 Å². The smallest absolute Gasteiger partial charge is 0.205 e. The van der Waals surface area contributed by atoms with Gasteiger partial charge in [0.25, 0.3) is 0 Å². The number of ether oxygens (including phenoxy) is 1. The van der Waals surface area contributed by atoms with Crippen molar-refractivity contribution in [3.05, 3.63) is 0 Å². The predicted molar refractivity (Wildman–Crippen MR) is 83.6 cm³/mol. The van der Waals surface area contributed by atoms with Crippen molar-refractivity contribution in [2.75, 3.05) is 45.9 Å². The van der Waals surface area contributed by atoms with Crippen molar-refractivity contribution in [2.45, 2.75) is 33.1 Å². The summed E-state index contributed by atoms with van der Waals surface area (Å²) in [4.78, 5) is 7.04. The Balaban J connectivity index is 2.17. The Labute approximate surface area is 123 Å². The second-order valence-corrected chi connectivity index (χ2v) is 5.19. The summed E-state index contributed by atoms with van der Waals surface area (Å²) < 4.78 is 5.29. The summed E-state index contributed by atoms with van der Waals surface area (Å²) in [6.45, 7) is 11.0. The van der Waals surface area contributed by atoms with Gasteiger partial charge in [0.05, 0.1) is 0 Å². The summed E-state index contributed by atoms with van der Waals surface area (Å²) in [5, 5.41) is 3.21. The zero-order valence-corrected chi connectivity index (χ0v) is 13.0. The van der Waals surface area contributed by atoms with Gasteiger partial charge in [-0.25, -0.2) is 5.84 Å². The highest BCUT2D eigenvalue weighted by atomic mass is 16.5. The van der Waals surface area contributed by atoms with E-state index in [1.165, 1.54) is 25.9 Å². The molecule has 0 aliphatic carbocycles. The van der Waals surface area contributed by atoms with Crippen LogP contribution in [0.3, 0.4) is 0 Å². The largest absolute Gasteiger partial charge is 0.382 e. The molecule has 0 spiro atoms. The summed E-state index contributed by atoms with van der Waals surface area (Å²) in [6, 6.07) is 0. The van der Waals surface area contributed by atoms with E-state index < -0.39 is 0 Å². The van der Waals surface area contributed by atoms with Crippen LogP contribution >= 0.6 is 0 Å². The van der Waals surface area contributed by atoms with Crippen molar-refractivity contribution >= 4 is 5.96 Å². The van der Waals surface area contributed by atoms with Gasteiger partial charge in [-0.1, -0.05) is 6.92 Å². The van der Waals surface area contributed by atoms with Gasteiger partial charge in [-0.05, 0) is 51.7 Å². The normalized spacial score (nSPS) is 18.2. The van der Waals surface area contributed by atoms with Gasteiger partial charge in [0.1, 0.15) is 0 Å². The van der Waals surface area contributed by atoms with Crippen LogP contribution in [0.25, 0.3) is 0 Å². The molecule has 1 fully saturated rings. The molecular formula is C14H31N5O. The molecule has 1 aliphatic rings. The molecule has 0 aromatic carbocycles. The molecule has 4 N–H and O–H groups in total. The van der Waals surface area contributed by atoms with Gasteiger partial charge in [0, 0.05) is 26.3 Å². The first-order chi connectivity index (χ1) is 9.80. The Morgan fingerprint density at radius 1 is 1.35 bits per heavy atom. The molecule has 1 heterocycles. The number of nitrogens with one attached hydrogen (secondary N) is 2. The van der Waals surface area contributed by atoms with E-state index in [9.17, 15) is 0 Å². The van der Waals surface area contributed by atoms with Crippen molar-refractivity contribution in [1.29, 1.82) is 0 Å². The monoisotopic (exact) mass is 285 g/mol. The minimum Gasteiger partial charge on any atom is -0.382 e. The van der Waals surface area contributed by atoms with E-state index in [1.54, 1.807) is 0 Å². The lowest BCUT2D eigenvalue weighted by molar-refractivity contribution is 0.145. The van der Waals surface area contributed by atoms with Crippen molar-refractivity contribution in [1.82, 2.24) is 15.6 Å². The molecule has 0 aromatic heterocycles. The number of rotatable bonds is 8. The summed E-state index contributed by atoms with van der Waals surface area (Å²) >= 11 is 0. The number of nitrogens with two attached hydrogens (primary N) is 1. The Bertz CT molecular complexity index is 264. The van der Waals surface area contributed by atoms with Gasteiger partial charge in [0.15, 0.2) is 0 Å². The van der Waals surface area contributed by atoms with Crippen molar-refractivity contribution in [3.8, 4) is 0 Å². The van der Waals surface area contributed by atoms with Crippen LogP contribution in [0.2, 0.25) is 0 Å². The van der Waals surface area contributed by atoms with Crippen molar-refractivity contribution < 1.29 is 4.74 Å². The van der Waals surface area contributed by atoms with Gasteiger partial charge >= 0.3 is 0 Å². The van der Waals surface area contributed by atoms with Crippen LogP contribution in [0.4, 0.5) is 0 Å². The minimum atomic E-state index is 0.686. The van der Waals surface area contributed by atoms with E-state index in [-0.39, 0.29) is 0 Å². The van der Waals surface area contributed by atoms with E-state index in [1.807, 2.05) is 6.92 Å². The number of piperidine rings is 1. The van der Waals surface area contributed by atoms with E-state index in [0.29, 0.717) is 11.9 Å². The zero-order valence-electron chi connectivity index (χ0n) is 13.0. The number of nitrogens with zero attached hydrogens (tertiary/aromatic N) is 2. The highest BCUT2D eigenvalue weighted by Crippen LogP contribution is 2.16. The van der Waals surface area contributed by atoms with Gasteiger partial charge in [-0.15, -0.1) is 0 Å². The first-order valence-corrected chi connectivity index (χ1v) is 7.85. The van der Waals surface area contributed by atoms with E-state index in [2.05, 4.69) is 27.6 Å². The lowest BCUT2D eigenvalue weighted by Gasteiger charge is -2.30. The minimum absolute atomic E-state index is 0.686. The molecule has 0 amide bonds. The first-order valence-electron chi connectivity index (χ1n) is 7.85. The van der Waals surface area contributed by atoms with Crippen LogP contribution in [0, 0.1) is 5.92 Å².